The maximum absolute atomic E-state index is 12.3. The van der Waals surface area contributed by atoms with Crippen molar-refractivity contribution in [3.05, 3.63) is 60.4 Å². The first-order chi connectivity index (χ1) is 13.5. The first kappa shape index (κ1) is 19.7. The zero-order valence-electron chi connectivity index (χ0n) is 16.9. The summed E-state index contributed by atoms with van der Waals surface area (Å²) in [5.41, 5.74) is 4.63. The molecule has 0 atom stereocenters. The predicted octanol–water partition coefficient (Wildman–Crippen LogP) is 5.67. The largest absolute Gasteiger partial charge is 0.493 e. The lowest BCUT2D eigenvalue weighted by Crippen LogP contribution is -2.25. The number of allylic oxidation sites excluding steroid dienone is 1. The first-order valence-corrected chi connectivity index (χ1v) is 9.69. The highest BCUT2D eigenvalue weighted by Gasteiger charge is 2.15. The molecule has 0 bridgehead atoms. The molecule has 0 saturated heterocycles. The van der Waals surface area contributed by atoms with E-state index in [1.807, 2.05) is 44.2 Å². The van der Waals surface area contributed by atoms with Crippen molar-refractivity contribution >= 4 is 22.4 Å². The van der Waals surface area contributed by atoms with E-state index >= 15 is 0 Å². The first-order valence-electron chi connectivity index (χ1n) is 9.69. The van der Waals surface area contributed by atoms with Crippen LogP contribution in [0.4, 0.5) is 0 Å². The van der Waals surface area contributed by atoms with E-state index in [1.54, 1.807) is 12.3 Å². The number of benzene rings is 2. The van der Waals surface area contributed by atoms with E-state index in [9.17, 15) is 4.79 Å². The molecule has 0 radical (unpaired) electrons. The Balaban J connectivity index is 2.04. The molecule has 0 aliphatic rings. The molecule has 1 heterocycles. The van der Waals surface area contributed by atoms with Gasteiger partial charge in [0, 0.05) is 35.2 Å². The lowest BCUT2D eigenvalue weighted by Gasteiger charge is -2.12. The average Bonchev–Trinajstić information content (AvgIpc) is 3.09. The van der Waals surface area contributed by atoms with Crippen LogP contribution in [0.3, 0.4) is 0 Å². The van der Waals surface area contributed by atoms with Crippen LogP contribution in [0.25, 0.3) is 27.7 Å². The number of amides is 1. The van der Waals surface area contributed by atoms with E-state index < -0.39 is 0 Å². The quantitative estimate of drug-likeness (QED) is 0.539. The van der Waals surface area contributed by atoms with Crippen molar-refractivity contribution in [2.24, 2.45) is 5.92 Å². The number of carbonyl (C=O) groups is 1. The van der Waals surface area contributed by atoms with Gasteiger partial charge in [0.1, 0.15) is 11.3 Å². The van der Waals surface area contributed by atoms with Gasteiger partial charge in [-0.2, -0.15) is 0 Å². The molecule has 0 saturated carbocycles. The van der Waals surface area contributed by atoms with Gasteiger partial charge in [-0.3, -0.25) is 4.79 Å². The Labute approximate surface area is 166 Å². The molecule has 1 N–H and O–H groups in total. The summed E-state index contributed by atoms with van der Waals surface area (Å²) < 4.78 is 11.6. The zero-order valence-corrected chi connectivity index (χ0v) is 16.9. The van der Waals surface area contributed by atoms with Gasteiger partial charge in [0.15, 0.2) is 0 Å². The van der Waals surface area contributed by atoms with Gasteiger partial charge in [-0.25, -0.2) is 0 Å². The van der Waals surface area contributed by atoms with Crippen molar-refractivity contribution in [3.63, 3.8) is 0 Å². The monoisotopic (exact) mass is 377 g/mol. The van der Waals surface area contributed by atoms with Crippen molar-refractivity contribution in [1.82, 2.24) is 5.32 Å². The van der Waals surface area contributed by atoms with Crippen molar-refractivity contribution < 1.29 is 13.9 Å². The van der Waals surface area contributed by atoms with E-state index in [0.717, 1.165) is 39.0 Å². The molecule has 3 aromatic rings. The molecule has 28 heavy (non-hydrogen) atoms. The van der Waals surface area contributed by atoms with Crippen molar-refractivity contribution in [2.45, 2.75) is 27.7 Å². The maximum Gasteiger partial charge on any atom is 0.244 e. The minimum Gasteiger partial charge on any atom is -0.493 e. The third-order valence-corrected chi connectivity index (χ3v) is 4.52. The van der Waals surface area contributed by atoms with Gasteiger partial charge in [-0.1, -0.05) is 44.2 Å². The predicted molar refractivity (Wildman–Crippen MR) is 114 cm³/mol. The van der Waals surface area contributed by atoms with Crippen LogP contribution >= 0.6 is 0 Å². The number of furan rings is 1. The molecule has 2 aromatic carbocycles. The van der Waals surface area contributed by atoms with Gasteiger partial charge in [-0.15, -0.1) is 0 Å². The van der Waals surface area contributed by atoms with E-state index in [1.165, 1.54) is 0 Å². The number of carbonyl (C=O) groups excluding carboxylic acids is 1. The number of ether oxygens (including phenoxy) is 1. The summed E-state index contributed by atoms with van der Waals surface area (Å²) in [6, 6.07) is 14.1. The van der Waals surface area contributed by atoms with E-state index in [-0.39, 0.29) is 5.91 Å². The van der Waals surface area contributed by atoms with Crippen molar-refractivity contribution in [3.8, 4) is 16.9 Å². The molecule has 0 spiro atoms. The maximum atomic E-state index is 12.3. The normalized spacial score (nSPS) is 11.8. The van der Waals surface area contributed by atoms with Gasteiger partial charge in [0.05, 0.1) is 12.9 Å². The Morgan fingerprint density at radius 1 is 1.21 bits per heavy atom. The summed E-state index contributed by atoms with van der Waals surface area (Å²) in [6.07, 6.45) is 3.40. The molecule has 0 aliphatic carbocycles. The summed E-state index contributed by atoms with van der Waals surface area (Å²) in [6.45, 7) is 9.21. The molecule has 4 heteroatoms. The SMILES string of the molecule is CCOc1cc2occ(-c3ccccc3)c2cc1/C(C)=C/C(=O)NCC(C)C. The van der Waals surface area contributed by atoms with Crippen LogP contribution in [0.1, 0.15) is 33.3 Å². The number of fused-ring (bicyclic) bond motifs is 1. The minimum absolute atomic E-state index is 0.0933. The summed E-state index contributed by atoms with van der Waals surface area (Å²) in [4.78, 5) is 12.3. The summed E-state index contributed by atoms with van der Waals surface area (Å²) in [5, 5.41) is 3.93. The number of hydrogen-bond donors (Lipinski definition) is 1. The summed E-state index contributed by atoms with van der Waals surface area (Å²) in [5.74, 6) is 1.03. The Morgan fingerprint density at radius 2 is 1.96 bits per heavy atom. The van der Waals surface area contributed by atoms with Crippen LogP contribution in [-0.2, 0) is 4.79 Å². The number of rotatable bonds is 7. The van der Waals surface area contributed by atoms with E-state index in [0.29, 0.717) is 19.1 Å². The highest BCUT2D eigenvalue weighted by atomic mass is 16.5. The van der Waals surface area contributed by atoms with E-state index in [4.69, 9.17) is 9.15 Å². The van der Waals surface area contributed by atoms with Crippen LogP contribution in [0.2, 0.25) is 0 Å². The Hall–Kier alpha value is -3.01. The average molecular weight is 377 g/mol. The van der Waals surface area contributed by atoms with Crippen LogP contribution in [0.5, 0.6) is 5.75 Å². The second kappa shape index (κ2) is 8.79. The molecule has 146 valence electrons. The van der Waals surface area contributed by atoms with Crippen LogP contribution < -0.4 is 10.1 Å². The van der Waals surface area contributed by atoms with Crippen LogP contribution in [-0.4, -0.2) is 19.1 Å². The molecule has 1 amide bonds. The molecule has 1 aromatic heterocycles. The fourth-order valence-electron chi connectivity index (χ4n) is 3.11. The second-order valence-corrected chi connectivity index (χ2v) is 7.26. The van der Waals surface area contributed by atoms with Crippen LogP contribution in [0.15, 0.2) is 59.2 Å². The topological polar surface area (TPSA) is 51.5 Å². The number of nitrogens with one attached hydrogen (secondary N) is 1. The van der Waals surface area contributed by atoms with E-state index in [2.05, 4.69) is 31.3 Å². The molecule has 3 rings (SSSR count). The molecular formula is C24H27NO3. The van der Waals surface area contributed by atoms with Gasteiger partial charge >= 0.3 is 0 Å². The van der Waals surface area contributed by atoms with Crippen molar-refractivity contribution in [1.29, 1.82) is 0 Å². The highest BCUT2D eigenvalue weighted by molar-refractivity contribution is 6.00. The zero-order chi connectivity index (χ0) is 20.1. The molecule has 4 nitrogen and oxygen atoms in total. The second-order valence-electron chi connectivity index (χ2n) is 7.26. The summed E-state index contributed by atoms with van der Waals surface area (Å²) in [7, 11) is 0. The minimum atomic E-state index is -0.0933. The smallest absolute Gasteiger partial charge is 0.244 e. The molecular weight excluding hydrogens is 350 g/mol. The molecule has 0 fully saturated rings. The highest BCUT2D eigenvalue weighted by Crippen LogP contribution is 2.37. The van der Waals surface area contributed by atoms with Gasteiger partial charge in [0.25, 0.3) is 0 Å². The lowest BCUT2D eigenvalue weighted by atomic mass is 9.99. The summed E-state index contributed by atoms with van der Waals surface area (Å²) >= 11 is 0. The number of hydrogen-bond acceptors (Lipinski definition) is 3. The van der Waals surface area contributed by atoms with Gasteiger partial charge in [0.2, 0.25) is 5.91 Å². The van der Waals surface area contributed by atoms with Crippen molar-refractivity contribution in [2.75, 3.05) is 13.2 Å². The Kier molecular flexibility index (Phi) is 6.19. The van der Waals surface area contributed by atoms with Gasteiger partial charge < -0.3 is 14.5 Å². The Bertz CT molecular complexity index is 984. The van der Waals surface area contributed by atoms with Gasteiger partial charge in [-0.05, 0) is 37.0 Å². The molecule has 0 unspecified atom stereocenters. The van der Waals surface area contributed by atoms with Crippen LogP contribution in [0, 0.1) is 5.92 Å². The fourth-order valence-corrected chi connectivity index (χ4v) is 3.11. The molecule has 0 aliphatic heterocycles. The Morgan fingerprint density at radius 3 is 2.64 bits per heavy atom. The fraction of sp³-hybridized carbons (Fsp3) is 0.292. The third-order valence-electron chi connectivity index (χ3n) is 4.52. The third kappa shape index (κ3) is 4.45. The standard InChI is InChI=1S/C24H27NO3/c1-5-27-22-13-23-20(21(15-28-23)18-9-7-6-8-10-18)12-19(22)17(4)11-24(26)25-14-16(2)3/h6-13,15-16H,5,14H2,1-4H3,(H,25,26)/b17-11+. The lowest BCUT2D eigenvalue weighted by molar-refractivity contribution is -0.116.